The Bertz CT molecular complexity index is 148. The zero-order chi connectivity index (χ0) is 11.7. The van der Waals surface area contributed by atoms with Gasteiger partial charge < -0.3 is 15.2 Å². The molecular weight excluding hydrogens is 210 g/mol. The standard InChI is InChI=1S/C11H25NO2S/c1-5-10(8-14-4)12-6-7-15-9-11(2,3)13/h10,12-13H,5-9H2,1-4H3. The lowest BCUT2D eigenvalue weighted by atomic mass is 10.2. The van der Waals surface area contributed by atoms with Gasteiger partial charge in [0.2, 0.25) is 0 Å². The largest absolute Gasteiger partial charge is 0.390 e. The zero-order valence-corrected chi connectivity index (χ0v) is 11.2. The summed E-state index contributed by atoms with van der Waals surface area (Å²) in [6, 6.07) is 0.456. The van der Waals surface area contributed by atoms with Gasteiger partial charge >= 0.3 is 0 Å². The van der Waals surface area contributed by atoms with Crippen LogP contribution in [-0.2, 0) is 4.74 Å². The van der Waals surface area contributed by atoms with Gasteiger partial charge in [0, 0.05) is 31.2 Å². The van der Waals surface area contributed by atoms with E-state index in [1.807, 2.05) is 13.8 Å². The van der Waals surface area contributed by atoms with Crippen molar-refractivity contribution in [1.82, 2.24) is 5.32 Å². The van der Waals surface area contributed by atoms with Gasteiger partial charge in [-0.25, -0.2) is 0 Å². The number of thioether (sulfide) groups is 1. The molecule has 0 aliphatic rings. The van der Waals surface area contributed by atoms with E-state index in [2.05, 4.69) is 12.2 Å². The first-order valence-electron chi connectivity index (χ1n) is 5.52. The van der Waals surface area contributed by atoms with E-state index in [4.69, 9.17) is 4.74 Å². The van der Waals surface area contributed by atoms with Crippen molar-refractivity contribution < 1.29 is 9.84 Å². The van der Waals surface area contributed by atoms with E-state index in [0.717, 1.165) is 31.1 Å². The molecule has 15 heavy (non-hydrogen) atoms. The maximum atomic E-state index is 9.50. The van der Waals surface area contributed by atoms with Gasteiger partial charge in [-0.05, 0) is 20.3 Å². The van der Waals surface area contributed by atoms with Crippen molar-refractivity contribution in [3.8, 4) is 0 Å². The summed E-state index contributed by atoms with van der Waals surface area (Å²) in [6.45, 7) is 7.58. The fraction of sp³-hybridized carbons (Fsp3) is 1.00. The normalized spacial score (nSPS) is 14.2. The molecule has 0 saturated carbocycles. The van der Waals surface area contributed by atoms with Crippen LogP contribution in [0.2, 0.25) is 0 Å². The summed E-state index contributed by atoms with van der Waals surface area (Å²) in [5.41, 5.74) is -0.554. The lowest BCUT2D eigenvalue weighted by Crippen LogP contribution is -2.34. The van der Waals surface area contributed by atoms with Crippen molar-refractivity contribution in [2.75, 3.05) is 31.8 Å². The summed E-state index contributed by atoms with van der Waals surface area (Å²) < 4.78 is 5.10. The summed E-state index contributed by atoms with van der Waals surface area (Å²) in [5, 5.41) is 12.9. The molecule has 0 radical (unpaired) electrons. The Morgan fingerprint density at radius 2 is 2.13 bits per heavy atom. The minimum atomic E-state index is -0.554. The Hall–Kier alpha value is 0.230. The Morgan fingerprint density at radius 1 is 1.47 bits per heavy atom. The molecule has 0 heterocycles. The van der Waals surface area contributed by atoms with Crippen molar-refractivity contribution in [3.63, 3.8) is 0 Å². The molecule has 0 saturated heterocycles. The number of nitrogens with one attached hydrogen (secondary N) is 1. The van der Waals surface area contributed by atoms with Crippen LogP contribution in [0.4, 0.5) is 0 Å². The second kappa shape index (κ2) is 8.39. The Labute approximate surface area is 98.0 Å². The predicted octanol–water partition coefficient (Wildman–Crippen LogP) is 1.51. The van der Waals surface area contributed by atoms with E-state index in [9.17, 15) is 5.11 Å². The summed E-state index contributed by atoms with van der Waals surface area (Å²) in [6.07, 6.45) is 1.09. The lowest BCUT2D eigenvalue weighted by Gasteiger charge is -2.18. The smallest absolute Gasteiger partial charge is 0.0681 e. The molecule has 0 aromatic carbocycles. The highest BCUT2D eigenvalue weighted by molar-refractivity contribution is 7.99. The molecule has 0 amide bonds. The van der Waals surface area contributed by atoms with E-state index in [0.29, 0.717) is 6.04 Å². The van der Waals surface area contributed by atoms with Gasteiger partial charge in [0.1, 0.15) is 0 Å². The SMILES string of the molecule is CCC(COC)NCCSCC(C)(C)O. The fourth-order valence-corrected chi connectivity index (χ4v) is 2.09. The zero-order valence-electron chi connectivity index (χ0n) is 10.4. The average Bonchev–Trinajstić information content (AvgIpc) is 2.14. The molecule has 1 unspecified atom stereocenters. The molecule has 0 aromatic rings. The molecule has 0 rings (SSSR count). The van der Waals surface area contributed by atoms with Crippen LogP contribution in [-0.4, -0.2) is 48.5 Å². The average molecular weight is 235 g/mol. The van der Waals surface area contributed by atoms with Gasteiger partial charge in [-0.15, -0.1) is 0 Å². The summed E-state index contributed by atoms with van der Waals surface area (Å²) in [5.74, 6) is 1.82. The number of methoxy groups -OCH3 is 1. The number of hydrogen-bond acceptors (Lipinski definition) is 4. The summed E-state index contributed by atoms with van der Waals surface area (Å²) >= 11 is 1.78. The highest BCUT2D eigenvalue weighted by Crippen LogP contribution is 2.11. The topological polar surface area (TPSA) is 41.5 Å². The van der Waals surface area contributed by atoms with Crippen LogP contribution in [0.3, 0.4) is 0 Å². The maximum absolute atomic E-state index is 9.50. The van der Waals surface area contributed by atoms with Crippen molar-refractivity contribution >= 4 is 11.8 Å². The Kier molecular flexibility index (Phi) is 8.52. The van der Waals surface area contributed by atoms with Crippen molar-refractivity contribution in [2.24, 2.45) is 0 Å². The third-order valence-corrected chi connectivity index (χ3v) is 3.40. The number of ether oxygens (including phenoxy) is 1. The molecule has 4 heteroatoms. The van der Waals surface area contributed by atoms with E-state index in [1.54, 1.807) is 18.9 Å². The van der Waals surface area contributed by atoms with E-state index in [1.165, 1.54) is 0 Å². The molecule has 0 aliphatic heterocycles. The monoisotopic (exact) mass is 235 g/mol. The molecule has 0 spiro atoms. The minimum Gasteiger partial charge on any atom is -0.390 e. The second-order valence-electron chi connectivity index (χ2n) is 4.38. The first kappa shape index (κ1) is 15.2. The van der Waals surface area contributed by atoms with Crippen molar-refractivity contribution in [1.29, 1.82) is 0 Å². The van der Waals surface area contributed by atoms with Crippen molar-refractivity contribution in [3.05, 3.63) is 0 Å². The number of hydrogen-bond donors (Lipinski definition) is 2. The van der Waals surface area contributed by atoms with E-state index < -0.39 is 5.60 Å². The van der Waals surface area contributed by atoms with Gasteiger partial charge in [-0.3, -0.25) is 0 Å². The lowest BCUT2D eigenvalue weighted by molar-refractivity contribution is 0.107. The molecule has 0 bridgehead atoms. The molecule has 2 N–H and O–H groups in total. The van der Waals surface area contributed by atoms with Crippen LogP contribution >= 0.6 is 11.8 Å². The van der Waals surface area contributed by atoms with Crippen LogP contribution in [0.15, 0.2) is 0 Å². The van der Waals surface area contributed by atoms with Crippen LogP contribution in [0.1, 0.15) is 27.2 Å². The first-order chi connectivity index (χ1) is 6.99. The molecule has 0 fully saturated rings. The minimum absolute atomic E-state index is 0.456. The van der Waals surface area contributed by atoms with E-state index >= 15 is 0 Å². The van der Waals surface area contributed by atoms with Crippen LogP contribution in [0.5, 0.6) is 0 Å². The second-order valence-corrected chi connectivity index (χ2v) is 5.48. The van der Waals surface area contributed by atoms with Gasteiger partial charge in [-0.2, -0.15) is 11.8 Å². The number of rotatable bonds is 9. The highest BCUT2D eigenvalue weighted by Gasteiger charge is 2.11. The van der Waals surface area contributed by atoms with Crippen molar-refractivity contribution in [2.45, 2.75) is 38.8 Å². The quantitative estimate of drug-likeness (QED) is 0.594. The summed E-state index contributed by atoms with van der Waals surface area (Å²) in [4.78, 5) is 0. The molecule has 1 atom stereocenters. The molecule has 0 aromatic heterocycles. The van der Waals surface area contributed by atoms with Gasteiger partial charge in [-0.1, -0.05) is 6.92 Å². The summed E-state index contributed by atoms with van der Waals surface area (Å²) in [7, 11) is 1.73. The maximum Gasteiger partial charge on any atom is 0.0681 e. The predicted molar refractivity (Wildman–Crippen MR) is 67.6 cm³/mol. The number of aliphatic hydroxyl groups is 1. The molecule has 0 aliphatic carbocycles. The third kappa shape index (κ3) is 10.5. The first-order valence-corrected chi connectivity index (χ1v) is 6.67. The Balaban J connectivity index is 3.36. The van der Waals surface area contributed by atoms with Gasteiger partial charge in [0.05, 0.1) is 12.2 Å². The highest BCUT2D eigenvalue weighted by atomic mass is 32.2. The molecule has 3 nitrogen and oxygen atoms in total. The third-order valence-electron chi connectivity index (χ3n) is 2.00. The van der Waals surface area contributed by atoms with Gasteiger partial charge in [0.15, 0.2) is 0 Å². The molecular formula is C11H25NO2S. The molecule has 92 valence electrons. The fourth-order valence-electron chi connectivity index (χ4n) is 1.18. The van der Waals surface area contributed by atoms with Crippen LogP contribution in [0, 0.1) is 0 Å². The Morgan fingerprint density at radius 3 is 2.60 bits per heavy atom. The van der Waals surface area contributed by atoms with Crippen LogP contribution < -0.4 is 5.32 Å². The van der Waals surface area contributed by atoms with Crippen LogP contribution in [0.25, 0.3) is 0 Å². The van der Waals surface area contributed by atoms with E-state index in [-0.39, 0.29) is 0 Å². The van der Waals surface area contributed by atoms with Gasteiger partial charge in [0.25, 0.3) is 0 Å².